The van der Waals surface area contributed by atoms with Crippen LogP contribution in [0.1, 0.15) is 13.3 Å². The maximum absolute atomic E-state index is 8.91. The van der Waals surface area contributed by atoms with Gasteiger partial charge in [-0.05, 0) is 18.0 Å². The molecular formula is C8H14ClN5O. The van der Waals surface area contributed by atoms with Gasteiger partial charge in [0.2, 0.25) is 17.2 Å². The largest absolute Gasteiger partial charge is 0.376 e. The molecule has 7 heteroatoms. The minimum Gasteiger partial charge on any atom is -0.376 e. The summed E-state index contributed by atoms with van der Waals surface area (Å²) < 4.78 is 0. The van der Waals surface area contributed by atoms with E-state index in [2.05, 4.69) is 20.3 Å². The molecule has 1 aromatic rings. The summed E-state index contributed by atoms with van der Waals surface area (Å²) in [6.45, 7) is 2.63. The van der Waals surface area contributed by atoms with Crippen LogP contribution in [0, 0.1) is 0 Å². The van der Waals surface area contributed by atoms with Gasteiger partial charge in [-0.25, -0.2) is 0 Å². The summed E-state index contributed by atoms with van der Waals surface area (Å²) in [5, 5.41) is 12.0. The van der Waals surface area contributed by atoms with Gasteiger partial charge in [-0.2, -0.15) is 15.0 Å². The molecule has 0 aliphatic rings. The van der Waals surface area contributed by atoms with Gasteiger partial charge in [-0.1, -0.05) is 6.92 Å². The van der Waals surface area contributed by atoms with E-state index in [0.717, 1.165) is 13.0 Å². The lowest BCUT2D eigenvalue weighted by molar-refractivity contribution is 0.296. The zero-order chi connectivity index (χ0) is 11.3. The molecule has 0 radical (unpaired) electrons. The summed E-state index contributed by atoms with van der Waals surface area (Å²) in [6.07, 6.45) is 0.967. The SMILES string of the molecule is CCCNc1nc(Cl)nc(N(C)CO)n1. The van der Waals surface area contributed by atoms with Crippen LogP contribution in [-0.4, -0.2) is 40.4 Å². The minimum atomic E-state index is -0.173. The number of aromatic nitrogens is 3. The number of rotatable bonds is 5. The highest BCUT2D eigenvalue weighted by Crippen LogP contribution is 2.11. The molecule has 1 heterocycles. The number of nitrogens with zero attached hydrogens (tertiary/aromatic N) is 4. The number of hydrogen-bond acceptors (Lipinski definition) is 6. The monoisotopic (exact) mass is 231 g/mol. The lowest BCUT2D eigenvalue weighted by atomic mass is 10.5. The van der Waals surface area contributed by atoms with E-state index in [4.69, 9.17) is 16.7 Å². The molecule has 0 atom stereocenters. The zero-order valence-electron chi connectivity index (χ0n) is 8.74. The predicted octanol–water partition coefficient (Wildman–Crippen LogP) is 0.733. The number of hydrogen-bond donors (Lipinski definition) is 2. The fraction of sp³-hybridized carbons (Fsp3) is 0.625. The van der Waals surface area contributed by atoms with Crippen molar-refractivity contribution in [3.63, 3.8) is 0 Å². The second kappa shape index (κ2) is 5.67. The van der Waals surface area contributed by atoms with Crippen LogP contribution in [0.4, 0.5) is 11.9 Å². The molecule has 6 nitrogen and oxygen atoms in total. The number of halogens is 1. The van der Waals surface area contributed by atoms with E-state index in [0.29, 0.717) is 11.9 Å². The van der Waals surface area contributed by atoms with Crippen molar-refractivity contribution in [3.05, 3.63) is 5.28 Å². The fourth-order valence-corrected chi connectivity index (χ4v) is 1.05. The molecule has 84 valence electrons. The maximum atomic E-state index is 8.91. The lowest BCUT2D eigenvalue weighted by Gasteiger charge is -2.14. The highest BCUT2D eigenvalue weighted by Gasteiger charge is 2.07. The summed E-state index contributed by atoms with van der Waals surface area (Å²) in [4.78, 5) is 13.3. The van der Waals surface area contributed by atoms with Gasteiger partial charge in [-0.3, -0.25) is 0 Å². The minimum absolute atomic E-state index is 0.110. The Morgan fingerprint density at radius 2 is 2.13 bits per heavy atom. The molecule has 0 unspecified atom stereocenters. The van der Waals surface area contributed by atoms with Gasteiger partial charge in [0, 0.05) is 13.6 Å². The quantitative estimate of drug-likeness (QED) is 0.728. The topological polar surface area (TPSA) is 74.2 Å². The van der Waals surface area contributed by atoms with Gasteiger partial charge in [0.1, 0.15) is 6.73 Å². The van der Waals surface area contributed by atoms with Crippen LogP contribution in [0.15, 0.2) is 0 Å². The Bertz CT molecular complexity index is 322. The summed E-state index contributed by atoms with van der Waals surface area (Å²) in [5.74, 6) is 0.767. The van der Waals surface area contributed by atoms with E-state index < -0.39 is 0 Å². The third kappa shape index (κ3) is 3.49. The highest BCUT2D eigenvalue weighted by atomic mass is 35.5. The van der Waals surface area contributed by atoms with Crippen molar-refractivity contribution >= 4 is 23.5 Å². The first-order valence-electron chi connectivity index (χ1n) is 4.64. The molecular weight excluding hydrogens is 218 g/mol. The molecule has 15 heavy (non-hydrogen) atoms. The average molecular weight is 232 g/mol. The Balaban J connectivity index is 2.84. The van der Waals surface area contributed by atoms with Crippen LogP contribution in [0.2, 0.25) is 5.28 Å². The van der Waals surface area contributed by atoms with Crippen molar-refractivity contribution in [3.8, 4) is 0 Å². The van der Waals surface area contributed by atoms with Gasteiger partial charge >= 0.3 is 0 Å². The second-order valence-electron chi connectivity index (χ2n) is 2.99. The van der Waals surface area contributed by atoms with Gasteiger partial charge in [0.05, 0.1) is 0 Å². The van der Waals surface area contributed by atoms with Gasteiger partial charge < -0.3 is 15.3 Å². The summed E-state index contributed by atoms with van der Waals surface area (Å²) in [6, 6.07) is 0. The molecule has 2 N–H and O–H groups in total. The first-order valence-corrected chi connectivity index (χ1v) is 5.02. The van der Waals surface area contributed by atoms with E-state index >= 15 is 0 Å². The summed E-state index contributed by atoms with van der Waals surface area (Å²) >= 11 is 5.72. The van der Waals surface area contributed by atoms with Crippen molar-refractivity contribution in [2.75, 3.05) is 30.5 Å². The third-order valence-electron chi connectivity index (χ3n) is 1.68. The first-order chi connectivity index (χ1) is 7.17. The normalized spacial score (nSPS) is 10.1. The van der Waals surface area contributed by atoms with Gasteiger partial charge in [-0.15, -0.1) is 0 Å². The summed E-state index contributed by atoms with van der Waals surface area (Å²) in [7, 11) is 1.66. The number of anilines is 2. The highest BCUT2D eigenvalue weighted by molar-refractivity contribution is 6.28. The standard InChI is InChI=1S/C8H14ClN5O/c1-3-4-10-7-11-6(9)12-8(13-7)14(2)5-15/h15H,3-5H2,1-2H3,(H,10,11,12,13). The third-order valence-corrected chi connectivity index (χ3v) is 1.85. The van der Waals surface area contributed by atoms with Crippen LogP contribution >= 0.6 is 11.6 Å². The predicted molar refractivity (Wildman–Crippen MR) is 59.1 cm³/mol. The molecule has 0 aliphatic heterocycles. The Hall–Kier alpha value is -1.14. The van der Waals surface area contributed by atoms with Crippen molar-refractivity contribution in [1.29, 1.82) is 0 Å². The molecule has 0 spiro atoms. The molecule has 1 aromatic heterocycles. The Morgan fingerprint density at radius 3 is 2.73 bits per heavy atom. The van der Waals surface area contributed by atoms with Crippen LogP contribution in [0.5, 0.6) is 0 Å². The van der Waals surface area contributed by atoms with Crippen LogP contribution in [0.3, 0.4) is 0 Å². The molecule has 0 aliphatic carbocycles. The fourth-order valence-electron chi connectivity index (χ4n) is 0.889. The van der Waals surface area contributed by atoms with E-state index in [-0.39, 0.29) is 12.0 Å². The number of aliphatic hydroxyl groups excluding tert-OH is 1. The average Bonchev–Trinajstić information content (AvgIpc) is 2.24. The van der Waals surface area contributed by atoms with Crippen molar-refractivity contribution < 1.29 is 5.11 Å². The van der Waals surface area contributed by atoms with E-state index in [1.807, 2.05) is 6.92 Å². The second-order valence-corrected chi connectivity index (χ2v) is 3.33. The Kier molecular flexibility index (Phi) is 4.51. The molecule has 0 saturated carbocycles. The molecule has 0 saturated heterocycles. The maximum Gasteiger partial charge on any atom is 0.233 e. The Labute approximate surface area is 93.3 Å². The molecule has 0 bridgehead atoms. The molecule has 0 aromatic carbocycles. The van der Waals surface area contributed by atoms with Crippen molar-refractivity contribution in [2.24, 2.45) is 0 Å². The number of nitrogens with one attached hydrogen (secondary N) is 1. The van der Waals surface area contributed by atoms with Gasteiger partial charge in [0.25, 0.3) is 0 Å². The number of aliphatic hydroxyl groups is 1. The van der Waals surface area contributed by atoms with E-state index in [1.54, 1.807) is 7.05 Å². The van der Waals surface area contributed by atoms with Crippen molar-refractivity contribution in [1.82, 2.24) is 15.0 Å². The van der Waals surface area contributed by atoms with Gasteiger partial charge in [0.15, 0.2) is 0 Å². The lowest BCUT2D eigenvalue weighted by Crippen LogP contribution is -2.21. The van der Waals surface area contributed by atoms with Crippen LogP contribution in [-0.2, 0) is 0 Å². The van der Waals surface area contributed by atoms with E-state index in [9.17, 15) is 0 Å². The molecule has 1 rings (SSSR count). The molecule has 0 amide bonds. The van der Waals surface area contributed by atoms with Crippen molar-refractivity contribution in [2.45, 2.75) is 13.3 Å². The van der Waals surface area contributed by atoms with E-state index in [1.165, 1.54) is 4.90 Å². The molecule has 0 fully saturated rings. The Morgan fingerprint density at radius 1 is 1.40 bits per heavy atom. The van der Waals surface area contributed by atoms with Crippen LogP contribution < -0.4 is 10.2 Å². The first kappa shape index (κ1) is 11.9. The zero-order valence-corrected chi connectivity index (χ0v) is 9.49. The summed E-state index contributed by atoms with van der Waals surface area (Å²) in [5.41, 5.74) is 0. The van der Waals surface area contributed by atoms with Crippen LogP contribution in [0.25, 0.3) is 0 Å². The smallest absolute Gasteiger partial charge is 0.233 e.